The third-order valence-corrected chi connectivity index (χ3v) is 4.67. The Balaban J connectivity index is 2.12. The lowest BCUT2D eigenvalue weighted by Gasteiger charge is -2.29. The maximum absolute atomic E-state index is 12.8. The number of anilines is 1. The van der Waals surface area contributed by atoms with Crippen molar-refractivity contribution in [3.8, 4) is 11.8 Å². The Morgan fingerprint density at radius 3 is 2.29 bits per heavy atom. The Labute approximate surface area is 165 Å². The fraction of sp³-hybridized carbons (Fsp3) is 0.300. The van der Waals surface area contributed by atoms with Gasteiger partial charge in [0.25, 0.3) is 0 Å². The third kappa shape index (κ3) is 6.28. The van der Waals surface area contributed by atoms with Gasteiger partial charge in [0.05, 0.1) is 17.9 Å². The molecule has 148 valence electrons. The average Bonchev–Trinajstić information content (AvgIpc) is 2.66. The van der Waals surface area contributed by atoms with E-state index in [-0.39, 0.29) is 17.8 Å². The van der Waals surface area contributed by atoms with Crippen molar-refractivity contribution in [3.63, 3.8) is 0 Å². The number of nitrogens with one attached hydrogen (secondary N) is 1. The van der Waals surface area contributed by atoms with Crippen LogP contribution in [0.3, 0.4) is 0 Å². The molecule has 1 N–H and O–H groups in total. The fourth-order valence-corrected chi connectivity index (χ4v) is 2.95. The van der Waals surface area contributed by atoms with Crippen molar-refractivity contribution in [2.75, 3.05) is 11.6 Å². The van der Waals surface area contributed by atoms with Crippen LogP contribution in [0.4, 0.5) is 10.5 Å². The van der Waals surface area contributed by atoms with Crippen LogP contribution in [0.1, 0.15) is 31.4 Å². The number of urea groups is 1. The molecule has 2 amide bonds. The van der Waals surface area contributed by atoms with E-state index in [1.165, 1.54) is 0 Å². The summed E-state index contributed by atoms with van der Waals surface area (Å²) < 4.78 is 27.2. The lowest BCUT2D eigenvalue weighted by atomic mass is 10.1. The smallest absolute Gasteiger partial charge is 0.322 e. The van der Waals surface area contributed by atoms with Gasteiger partial charge >= 0.3 is 16.1 Å². The number of hydrogen-bond acceptors (Lipinski definition) is 5. The maximum atomic E-state index is 12.8. The Bertz CT molecular complexity index is 948. The van der Waals surface area contributed by atoms with Gasteiger partial charge in [0.1, 0.15) is 5.75 Å². The number of benzene rings is 2. The van der Waals surface area contributed by atoms with Gasteiger partial charge in [-0.05, 0) is 55.3 Å². The van der Waals surface area contributed by atoms with Crippen molar-refractivity contribution in [3.05, 3.63) is 59.7 Å². The number of amides is 2. The van der Waals surface area contributed by atoms with E-state index in [2.05, 4.69) is 5.32 Å². The minimum atomic E-state index is -3.58. The molecule has 2 aromatic rings. The Morgan fingerprint density at radius 2 is 1.79 bits per heavy atom. The maximum Gasteiger partial charge on any atom is 0.322 e. The van der Waals surface area contributed by atoms with Crippen molar-refractivity contribution in [2.45, 2.75) is 32.9 Å². The quantitative estimate of drug-likeness (QED) is 0.713. The SMILES string of the molecule is CC[C@H](C)N(Cc1ccc(OS(C)(=O)=O)cc1)C(=O)Nc1ccc(C#N)cc1. The van der Waals surface area contributed by atoms with E-state index in [9.17, 15) is 13.2 Å². The van der Waals surface area contributed by atoms with Crippen molar-refractivity contribution < 1.29 is 17.4 Å². The molecule has 7 nitrogen and oxygen atoms in total. The van der Waals surface area contributed by atoms with Crippen molar-refractivity contribution in [1.29, 1.82) is 5.26 Å². The molecule has 0 aromatic heterocycles. The first-order valence-electron chi connectivity index (χ1n) is 8.78. The molecule has 2 aromatic carbocycles. The van der Waals surface area contributed by atoms with E-state index in [1.54, 1.807) is 53.4 Å². The van der Waals surface area contributed by atoms with Crippen LogP contribution in [0.25, 0.3) is 0 Å². The number of nitriles is 1. The van der Waals surface area contributed by atoms with Crippen LogP contribution in [-0.2, 0) is 16.7 Å². The van der Waals surface area contributed by atoms with Gasteiger partial charge < -0.3 is 14.4 Å². The first kappa shape index (κ1) is 21.3. The van der Waals surface area contributed by atoms with Gasteiger partial charge in [-0.1, -0.05) is 19.1 Å². The lowest BCUT2D eigenvalue weighted by Crippen LogP contribution is -2.40. The van der Waals surface area contributed by atoms with Crippen molar-refractivity contribution in [1.82, 2.24) is 4.90 Å². The molecule has 0 bridgehead atoms. The van der Waals surface area contributed by atoms with E-state index in [0.717, 1.165) is 18.2 Å². The number of carbonyl (C=O) groups is 1. The molecule has 28 heavy (non-hydrogen) atoms. The van der Waals surface area contributed by atoms with Crippen LogP contribution in [0.2, 0.25) is 0 Å². The number of carbonyl (C=O) groups excluding carboxylic acids is 1. The first-order chi connectivity index (χ1) is 13.2. The van der Waals surface area contributed by atoms with Gasteiger partial charge in [0, 0.05) is 18.3 Å². The van der Waals surface area contributed by atoms with Gasteiger partial charge in [-0.15, -0.1) is 0 Å². The first-order valence-corrected chi connectivity index (χ1v) is 10.6. The highest BCUT2D eigenvalue weighted by Crippen LogP contribution is 2.18. The van der Waals surface area contributed by atoms with Crippen LogP contribution in [0, 0.1) is 11.3 Å². The fourth-order valence-electron chi connectivity index (χ4n) is 2.49. The van der Waals surface area contributed by atoms with Crippen LogP contribution >= 0.6 is 0 Å². The Morgan fingerprint density at radius 1 is 1.18 bits per heavy atom. The predicted octanol–water partition coefficient (Wildman–Crippen LogP) is 3.73. The standard InChI is InChI=1S/C20H23N3O4S/c1-4-15(2)23(20(24)22-18-9-5-16(13-21)6-10-18)14-17-7-11-19(12-8-17)27-28(3,25)26/h5-12,15H,4,14H2,1-3H3,(H,22,24)/t15-/m0/s1. The highest BCUT2D eigenvalue weighted by atomic mass is 32.2. The van der Waals surface area contributed by atoms with Crippen LogP contribution in [-0.4, -0.2) is 31.6 Å². The topological polar surface area (TPSA) is 99.5 Å². The highest BCUT2D eigenvalue weighted by Gasteiger charge is 2.19. The summed E-state index contributed by atoms with van der Waals surface area (Å²) in [5, 5.41) is 11.7. The van der Waals surface area contributed by atoms with Gasteiger partial charge in [-0.25, -0.2) is 4.79 Å². The lowest BCUT2D eigenvalue weighted by molar-refractivity contribution is 0.187. The monoisotopic (exact) mass is 401 g/mol. The largest absolute Gasteiger partial charge is 0.383 e. The number of rotatable bonds is 7. The summed E-state index contributed by atoms with van der Waals surface area (Å²) in [4.78, 5) is 14.5. The number of hydrogen-bond donors (Lipinski definition) is 1. The van der Waals surface area contributed by atoms with E-state index in [1.807, 2.05) is 19.9 Å². The minimum absolute atomic E-state index is 0.00896. The van der Waals surface area contributed by atoms with Crippen molar-refractivity contribution in [2.24, 2.45) is 0 Å². The molecule has 0 heterocycles. The molecule has 0 unspecified atom stereocenters. The molecule has 0 saturated carbocycles. The molecule has 0 aliphatic rings. The zero-order valence-electron chi connectivity index (χ0n) is 16.0. The molecule has 0 spiro atoms. The average molecular weight is 401 g/mol. The molecule has 1 atom stereocenters. The molecule has 0 radical (unpaired) electrons. The van der Waals surface area contributed by atoms with Gasteiger partial charge in [0.2, 0.25) is 0 Å². The summed E-state index contributed by atoms with van der Waals surface area (Å²) in [7, 11) is -3.58. The predicted molar refractivity (Wildman–Crippen MR) is 107 cm³/mol. The summed E-state index contributed by atoms with van der Waals surface area (Å²) in [5.74, 6) is 0.225. The normalized spacial score (nSPS) is 11.9. The molecule has 0 aliphatic heterocycles. The summed E-state index contributed by atoms with van der Waals surface area (Å²) in [6, 6.07) is 15.0. The van der Waals surface area contributed by atoms with Crippen LogP contribution in [0.5, 0.6) is 5.75 Å². The second-order valence-corrected chi connectivity index (χ2v) is 8.01. The second kappa shape index (κ2) is 9.24. The Hall–Kier alpha value is -3.05. The molecular weight excluding hydrogens is 378 g/mol. The zero-order chi connectivity index (χ0) is 20.7. The molecule has 8 heteroatoms. The van der Waals surface area contributed by atoms with E-state index in [0.29, 0.717) is 17.8 Å². The third-order valence-electron chi connectivity index (χ3n) is 4.17. The summed E-state index contributed by atoms with van der Waals surface area (Å²) in [5.41, 5.74) is 1.97. The van der Waals surface area contributed by atoms with Gasteiger partial charge in [0.15, 0.2) is 0 Å². The van der Waals surface area contributed by atoms with Crippen LogP contribution < -0.4 is 9.50 Å². The van der Waals surface area contributed by atoms with E-state index in [4.69, 9.17) is 9.44 Å². The second-order valence-electron chi connectivity index (χ2n) is 6.44. The zero-order valence-corrected chi connectivity index (χ0v) is 16.9. The summed E-state index contributed by atoms with van der Waals surface area (Å²) in [6.07, 6.45) is 1.76. The van der Waals surface area contributed by atoms with E-state index >= 15 is 0 Å². The molecular formula is C20H23N3O4S. The van der Waals surface area contributed by atoms with Crippen LogP contribution in [0.15, 0.2) is 48.5 Å². The Kier molecular flexibility index (Phi) is 7.01. The van der Waals surface area contributed by atoms with Gasteiger partial charge in [-0.2, -0.15) is 13.7 Å². The summed E-state index contributed by atoms with van der Waals surface area (Å²) >= 11 is 0. The van der Waals surface area contributed by atoms with Gasteiger partial charge in [-0.3, -0.25) is 0 Å². The summed E-state index contributed by atoms with van der Waals surface area (Å²) in [6.45, 7) is 4.31. The van der Waals surface area contributed by atoms with Crippen molar-refractivity contribution >= 4 is 21.8 Å². The highest BCUT2D eigenvalue weighted by molar-refractivity contribution is 7.86. The molecule has 2 rings (SSSR count). The molecule has 0 saturated heterocycles. The van der Waals surface area contributed by atoms with E-state index < -0.39 is 10.1 Å². The minimum Gasteiger partial charge on any atom is -0.383 e. The number of nitrogens with zero attached hydrogens (tertiary/aromatic N) is 2. The molecule has 0 aliphatic carbocycles. The molecule has 0 fully saturated rings.